The number of benzene rings is 9. The lowest BCUT2D eigenvalue weighted by Gasteiger charge is -2.28. The Labute approximate surface area is 359 Å². The van der Waals surface area contributed by atoms with E-state index in [0.29, 0.717) is 32.7 Å². The molecule has 1 nitrogen and oxygen atoms in total. The van der Waals surface area contributed by atoms with Crippen molar-refractivity contribution in [1.82, 2.24) is 0 Å². The van der Waals surface area contributed by atoms with Crippen molar-refractivity contribution >= 4 is 161 Å². The van der Waals surface area contributed by atoms with Crippen LogP contribution in [-0.4, -0.2) is 62.8 Å². The number of rotatable bonds is 3. The third-order valence-corrected chi connectivity index (χ3v) is 13.1. The molecule has 0 fully saturated rings. The highest BCUT2D eigenvalue weighted by atomic mass is 16.3. The molecule has 9 heteroatoms. The van der Waals surface area contributed by atoms with E-state index in [2.05, 4.69) is 111 Å². The fraction of sp³-hybridized carbons (Fsp3) is 0.0588. The molecule has 0 bridgehead atoms. The van der Waals surface area contributed by atoms with Crippen LogP contribution in [0.2, 0.25) is 0 Å². The SMILES string of the molecule is [B]c1c([B])c([B])c2c(-c3ccc4oc5c6ccccc6ccc5c4c3)c3c([B])c([B])c([B])c([B])c3c(-c3ccc(-c4ccc5c(c4)C(C)(C)c4ccccc4-5)cc3)c2c1[B]. The molecule has 0 aliphatic heterocycles. The van der Waals surface area contributed by atoms with E-state index in [9.17, 15) is 0 Å². The zero-order valence-electron chi connectivity index (χ0n) is 33.1. The highest BCUT2D eigenvalue weighted by Crippen LogP contribution is 2.50. The smallest absolute Gasteiger partial charge is 0.143 e. The summed E-state index contributed by atoms with van der Waals surface area (Å²) < 4.78 is 6.49. The lowest BCUT2D eigenvalue weighted by Crippen LogP contribution is -2.50. The largest absolute Gasteiger partial charge is 0.455 e. The fourth-order valence-electron chi connectivity index (χ4n) is 9.90. The molecule has 0 spiro atoms. The van der Waals surface area contributed by atoms with Crippen molar-refractivity contribution < 1.29 is 4.42 Å². The molecule has 0 atom stereocenters. The Bertz CT molecular complexity index is 3470. The van der Waals surface area contributed by atoms with Crippen LogP contribution in [0.4, 0.5) is 0 Å². The molecule has 9 aromatic carbocycles. The Morgan fingerprint density at radius 2 is 0.900 bits per heavy atom. The molecule has 260 valence electrons. The van der Waals surface area contributed by atoms with E-state index in [1.807, 2.05) is 24.3 Å². The minimum absolute atomic E-state index is 0.135. The average molecular weight is 741 g/mol. The van der Waals surface area contributed by atoms with Crippen LogP contribution in [-0.2, 0) is 5.41 Å². The van der Waals surface area contributed by atoms with Crippen molar-refractivity contribution in [3.63, 3.8) is 0 Å². The molecule has 11 rings (SSSR count). The highest BCUT2D eigenvalue weighted by Gasteiger charge is 2.35. The maximum atomic E-state index is 7.06. The summed E-state index contributed by atoms with van der Waals surface area (Å²) in [6, 6.07) is 41.9. The van der Waals surface area contributed by atoms with Gasteiger partial charge in [0.25, 0.3) is 0 Å². The molecule has 60 heavy (non-hydrogen) atoms. The Kier molecular flexibility index (Phi) is 8.06. The Hall–Kier alpha value is -5.92. The van der Waals surface area contributed by atoms with Gasteiger partial charge in [-0.1, -0.05) is 133 Å². The van der Waals surface area contributed by atoms with Crippen molar-refractivity contribution in [2.75, 3.05) is 0 Å². The lowest BCUT2D eigenvalue weighted by molar-refractivity contribution is 0.660. The summed E-state index contributed by atoms with van der Waals surface area (Å²) in [6.45, 7) is 4.57. The van der Waals surface area contributed by atoms with E-state index in [1.165, 1.54) is 22.3 Å². The van der Waals surface area contributed by atoms with Crippen molar-refractivity contribution in [1.29, 1.82) is 0 Å². The summed E-state index contributed by atoms with van der Waals surface area (Å²) in [5, 5.41) is 6.25. The third kappa shape index (κ3) is 4.99. The van der Waals surface area contributed by atoms with E-state index in [0.717, 1.165) is 55.0 Å². The van der Waals surface area contributed by atoms with Gasteiger partial charge in [0.1, 0.15) is 73.9 Å². The summed E-state index contributed by atoms with van der Waals surface area (Å²) in [6.07, 6.45) is 0. The molecule has 0 saturated carbocycles. The predicted octanol–water partition coefficient (Wildman–Crippen LogP) is 4.70. The lowest BCUT2D eigenvalue weighted by atomic mass is 9.59. The van der Waals surface area contributed by atoms with Crippen LogP contribution in [0.1, 0.15) is 25.0 Å². The quantitative estimate of drug-likeness (QED) is 0.189. The summed E-state index contributed by atoms with van der Waals surface area (Å²) >= 11 is 0. The zero-order chi connectivity index (χ0) is 41.5. The standard InChI is InChI=1S/C51H26B8O/c1-51(2)33-10-6-5-9-29(33)30-18-16-26(22-34(30)51)23-11-13-25(14-12-23)36-38-40(44(54)48(58)46(56)42(38)52)37(41-39(36)43(53)47(57)49(59)45(41)55)27-17-20-35-32(21-27)31-19-15-24-7-3-4-8-28(24)50(31)60-35/h3-22H,1-2H3. The minimum atomic E-state index is -0.135. The monoisotopic (exact) mass is 742 g/mol. The summed E-state index contributed by atoms with van der Waals surface area (Å²) in [5.41, 5.74) is 13.2. The minimum Gasteiger partial charge on any atom is -0.455 e. The summed E-state index contributed by atoms with van der Waals surface area (Å²) in [5.74, 6) is 0. The van der Waals surface area contributed by atoms with Crippen molar-refractivity contribution in [2.45, 2.75) is 19.3 Å². The van der Waals surface area contributed by atoms with Gasteiger partial charge < -0.3 is 4.42 Å². The summed E-state index contributed by atoms with van der Waals surface area (Å²) in [7, 11) is 54.9. The molecule has 1 aliphatic carbocycles. The number of hydrogen-bond donors (Lipinski definition) is 0. The van der Waals surface area contributed by atoms with Crippen molar-refractivity contribution in [2.24, 2.45) is 0 Å². The van der Waals surface area contributed by atoms with Gasteiger partial charge in [0, 0.05) is 21.6 Å². The van der Waals surface area contributed by atoms with Gasteiger partial charge in [-0.25, -0.2) is 0 Å². The van der Waals surface area contributed by atoms with Gasteiger partial charge in [-0.3, -0.25) is 0 Å². The van der Waals surface area contributed by atoms with Gasteiger partial charge in [0.05, 0.1) is 0 Å². The molecule has 0 saturated heterocycles. The van der Waals surface area contributed by atoms with E-state index >= 15 is 0 Å². The molecule has 0 N–H and O–H groups in total. The van der Waals surface area contributed by atoms with Crippen LogP contribution in [0.5, 0.6) is 0 Å². The van der Waals surface area contributed by atoms with Crippen molar-refractivity contribution in [3.8, 4) is 44.5 Å². The van der Waals surface area contributed by atoms with Crippen LogP contribution in [0, 0.1) is 0 Å². The van der Waals surface area contributed by atoms with E-state index in [-0.39, 0.29) is 49.1 Å². The second-order valence-electron chi connectivity index (χ2n) is 16.5. The maximum absolute atomic E-state index is 7.06. The van der Waals surface area contributed by atoms with Crippen LogP contribution in [0.15, 0.2) is 126 Å². The second kappa shape index (κ2) is 13.0. The Morgan fingerprint density at radius 1 is 0.383 bits per heavy atom. The van der Waals surface area contributed by atoms with Crippen LogP contribution < -0.4 is 43.7 Å². The highest BCUT2D eigenvalue weighted by molar-refractivity contribution is 6.71. The first kappa shape index (κ1) is 37.1. The third-order valence-electron chi connectivity index (χ3n) is 13.1. The van der Waals surface area contributed by atoms with Gasteiger partial charge in [-0.2, -0.15) is 0 Å². The first-order valence-corrected chi connectivity index (χ1v) is 19.8. The van der Waals surface area contributed by atoms with Gasteiger partial charge in [0.15, 0.2) is 0 Å². The molecule has 1 heterocycles. The van der Waals surface area contributed by atoms with Gasteiger partial charge in [0.2, 0.25) is 0 Å². The first-order valence-electron chi connectivity index (χ1n) is 19.8. The normalized spacial score (nSPS) is 13.2. The Balaban J connectivity index is 1.19. The molecule has 16 radical (unpaired) electrons. The van der Waals surface area contributed by atoms with E-state index < -0.39 is 0 Å². The summed E-state index contributed by atoms with van der Waals surface area (Å²) in [4.78, 5) is 0. The zero-order valence-corrected chi connectivity index (χ0v) is 33.1. The van der Waals surface area contributed by atoms with Crippen molar-refractivity contribution in [3.05, 3.63) is 132 Å². The molecule has 1 aromatic heterocycles. The van der Waals surface area contributed by atoms with Gasteiger partial charge in [-0.15, -0.1) is 21.9 Å². The van der Waals surface area contributed by atoms with Crippen LogP contribution >= 0.6 is 0 Å². The molecular formula is C51H26B8O. The van der Waals surface area contributed by atoms with E-state index in [4.69, 9.17) is 67.2 Å². The molecule has 0 amide bonds. The number of hydrogen-bond acceptors (Lipinski definition) is 1. The number of fused-ring (bicyclic) bond motifs is 10. The van der Waals surface area contributed by atoms with Gasteiger partial charge >= 0.3 is 0 Å². The maximum Gasteiger partial charge on any atom is 0.143 e. The Morgan fingerprint density at radius 3 is 1.55 bits per heavy atom. The molecule has 0 unspecified atom stereocenters. The number of furan rings is 1. The van der Waals surface area contributed by atoms with E-state index in [1.54, 1.807) is 0 Å². The topological polar surface area (TPSA) is 13.1 Å². The van der Waals surface area contributed by atoms with Crippen LogP contribution in [0.25, 0.3) is 98.8 Å². The molecular weight excluding hydrogens is 715 g/mol. The average Bonchev–Trinajstić information content (AvgIpc) is 3.76. The second-order valence-corrected chi connectivity index (χ2v) is 16.5. The first-order chi connectivity index (χ1) is 28.9. The fourth-order valence-corrected chi connectivity index (χ4v) is 9.90. The molecule has 1 aliphatic rings. The molecule has 10 aromatic rings. The van der Waals surface area contributed by atoms with Gasteiger partial charge in [-0.05, 0) is 107 Å². The predicted molar refractivity (Wildman–Crippen MR) is 263 cm³/mol. The van der Waals surface area contributed by atoms with Crippen LogP contribution in [0.3, 0.4) is 0 Å².